The number of hydrogen-bond donors (Lipinski definition) is 1. The van der Waals surface area contributed by atoms with E-state index in [4.69, 9.17) is 4.74 Å². The molecule has 1 saturated heterocycles. The SMILES string of the molecule is Cc1nc(CC(=O)NC2CCCOC2CC(C)C)c(C)s1. The van der Waals surface area contributed by atoms with Crippen LogP contribution in [-0.4, -0.2) is 29.6 Å². The minimum Gasteiger partial charge on any atom is -0.376 e. The Morgan fingerprint density at radius 3 is 2.86 bits per heavy atom. The zero-order valence-corrected chi connectivity index (χ0v) is 14.3. The van der Waals surface area contributed by atoms with Crippen molar-refractivity contribution >= 4 is 17.2 Å². The van der Waals surface area contributed by atoms with Crippen LogP contribution >= 0.6 is 11.3 Å². The maximum absolute atomic E-state index is 12.3. The average molecular weight is 310 g/mol. The van der Waals surface area contributed by atoms with Crippen molar-refractivity contribution in [2.75, 3.05) is 6.61 Å². The highest BCUT2D eigenvalue weighted by molar-refractivity contribution is 7.11. The van der Waals surface area contributed by atoms with Crippen LogP contribution in [-0.2, 0) is 16.0 Å². The first-order valence-corrected chi connectivity index (χ1v) is 8.61. The number of nitrogens with zero attached hydrogens (tertiary/aromatic N) is 1. The van der Waals surface area contributed by atoms with E-state index >= 15 is 0 Å². The monoisotopic (exact) mass is 310 g/mol. The molecule has 0 aromatic carbocycles. The van der Waals surface area contributed by atoms with Gasteiger partial charge in [0.05, 0.1) is 29.3 Å². The van der Waals surface area contributed by atoms with E-state index in [-0.39, 0.29) is 18.1 Å². The summed E-state index contributed by atoms with van der Waals surface area (Å²) < 4.78 is 5.85. The summed E-state index contributed by atoms with van der Waals surface area (Å²) in [7, 11) is 0. The molecule has 1 aromatic heterocycles. The van der Waals surface area contributed by atoms with Crippen LogP contribution < -0.4 is 5.32 Å². The average Bonchev–Trinajstić information content (AvgIpc) is 2.69. The molecule has 21 heavy (non-hydrogen) atoms. The third-order valence-corrected chi connectivity index (χ3v) is 4.75. The van der Waals surface area contributed by atoms with Gasteiger partial charge in [-0.25, -0.2) is 4.98 Å². The van der Waals surface area contributed by atoms with Gasteiger partial charge in [-0.1, -0.05) is 13.8 Å². The highest BCUT2D eigenvalue weighted by Crippen LogP contribution is 2.21. The lowest BCUT2D eigenvalue weighted by Crippen LogP contribution is -2.48. The van der Waals surface area contributed by atoms with E-state index in [1.165, 1.54) is 0 Å². The summed E-state index contributed by atoms with van der Waals surface area (Å²) >= 11 is 1.65. The van der Waals surface area contributed by atoms with Gasteiger partial charge < -0.3 is 10.1 Å². The van der Waals surface area contributed by atoms with Gasteiger partial charge in [-0.05, 0) is 39.0 Å². The molecule has 1 fully saturated rings. The highest BCUT2D eigenvalue weighted by atomic mass is 32.1. The zero-order valence-electron chi connectivity index (χ0n) is 13.4. The molecule has 0 spiro atoms. The standard InChI is InChI=1S/C16H26N2O2S/c1-10(2)8-15-13(6-5-7-20-15)18-16(19)9-14-11(3)21-12(4)17-14/h10,13,15H,5-9H2,1-4H3,(H,18,19). The number of amides is 1. The summed E-state index contributed by atoms with van der Waals surface area (Å²) in [4.78, 5) is 17.8. The number of hydrogen-bond acceptors (Lipinski definition) is 4. The molecular weight excluding hydrogens is 284 g/mol. The molecule has 2 unspecified atom stereocenters. The molecule has 1 amide bonds. The van der Waals surface area contributed by atoms with Crippen molar-refractivity contribution in [2.24, 2.45) is 5.92 Å². The van der Waals surface area contributed by atoms with Crippen LogP contribution in [0.1, 0.15) is 48.7 Å². The molecule has 1 N–H and O–H groups in total. The molecule has 5 heteroatoms. The molecule has 1 aliphatic rings. The maximum Gasteiger partial charge on any atom is 0.226 e. The van der Waals surface area contributed by atoms with Gasteiger partial charge in [0.25, 0.3) is 0 Å². The number of carbonyl (C=O) groups is 1. The summed E-state index contributed by atoms with van der Waals surface area (Å²) in [6, 6.07) is 0.147. The van der Waals surface area contributed by atoms with Crippen LogP contribution in [0.25, 0.3) is 0 Å². The molecule has 1 aromatic rings. The number of carbonyl (C=O) groups excluding carboxylic acids is 1. The Bertz CT molecular complexity index is 485. The zero-order chi connectivity index (χ0) is 15.4. The van der Waals surface area contributed by atoms with Gasteiger partial charge in [-0.2, -0.15) is 0 Å². The van der Waals surface area contributed by atoms with Crippen LogP contribution in [0, 0.1) is 19.8 Å². The Morgan fingerprint density at radius 2 is 2.24 bits per heavy atom. The molecule has 2 atom stereocenters. The second-order valence-corrected chi connectivity index (χ2v) is 7.67. The van der Waals surface area contributed by atoms with Crippen molar-refractivity contribution in [1.29, 1.82) is 0 Å². The van der Waals surface area contributed by atoms with Crippen molar-refractivity contribution in [2.45, 2.75) is 65.5 Å². The van der Waals surface area contributed by atoms with Gasteiger partial charge in [0.15, 0.2) is 0 Å². The minimum absolute atomic E-state index is 0.0626. The van der Waals surface area contributed by atoms with E-state index in [2.05, 4.69) is 24.1 Å². The Kier molecular flexibility index (Phi) is 5.76. The van der Waals surface area contributed by atoms with E-state index in [9.17, 15) is 4.79 Å². The van der Waals surface area contributed by atoms with E-state index in [1.54, 1.807) is 11.3 Å². The molecule has 0 bridgehead atoms. The van der Waals surface area contributed by atoms with Crippen molar-refractivity contribution < 1.29 is 9.53 Å². The number of aryl methyl sites for hydroxylation is 2. The normalized spacial score (nSPS) is 22.5. The van der Waals surface area contributed by atoms with Crippen molar-refractivity contribution in [3.05, 3.63) is 15.6 Å². The van der Waals surface area contributed by atoms with Crippen LogP contribution in [0.3, 0.4) is 0 Å². The van der Waals surface area contributed by atoms with Crippen LogP contribution in [0.15, 0.2) is 0 Å². The topological polar surface area (TPSA) is 51.2 Å². The maximum atomic E-state index is 12.3. The van der Waals surface area contributed by atoms with Crippen LogP contribution in [0.4, 0.5) is 0 Å². The summed E-state index contributed by atoms with van der Waals surface area (Å²) in [5, 5.41) is 4.18. The number of nitrogens with one attached hydrogen (secondary N) is 1. The Hall–Kier alpha value is -0.940. The number of rotatable bonds is 5. The van der Waals surface area contributed by atoms with Gasteiger partial charge in [0.2, 0.25) is 5.91 Å². The Balaban J connectivity index is 1.92. The summed E-state index contributed by atoms with van der Waals surface area (Å²) in [5.74, 6) is 0.642. The quantitative estimate of drug-likeness (QED) is 0.909. The van der Waals surface area contributed by atoms with Crippen molar-refractivity contribution in [1.82, 2.24) is 10.3 Å². The molecule has 0 aliphatic carbocycles. The molecule has 2 heterocycles. The van der Waals surface area contributed by atoms with Gasteiger partial charge >= 0.3 is 0 Å². The smallest absolute Gasteiger partial charge is 0.226 e. The van der Waals surface area contributed by atoms with Crippen LogP contribution in [0.2, 0.25) is 0 Å². The molecular formula is C16H26N2O2S. The minimum atomic E-state index is 0.0626. The fourth-order valence-electron chi connectivity index (χ4n) is 2.85. The Morgan fingerprint density at radius 1 is 1.48 bits per heavy atom. The summed E-state index contributed by atoms with van der Waals surface area (Å²) in [5.41, 5.74) is 0.909. The fraction of sp³-hybridized carbons (Fsp3) is 0.750. The second kappa shape index (κ2) is 7.36. The predicted molar refractivity (Wildman–Crippen MR) is 85.7 cm³/mol. The third-order valence-electron chi connectivity index (χ3n) is 3.82. The fourth-order valence-corrected chi connectivity index (χ4v) is 3.68. The van der Waals surface area contributed by atoms with Gasteiger partial charge in [0.1, 0.15) is 0 Å². The first kappa shape index (κ1) is 16.4. The molecule has 2 rings (SSSR count). The summed E-state index contributed by atoms with van der Waals surface area (Å²) in [6.07, 6.45) is 3.56. The molecule has 118 valence electrons. The molecule has 1 aliphatic heterocycles. The number of aromatic nitrogens is 1. The van der Waals surface area contributed by atoms with E-state index in [0.29, 0.717) is 12.3 Å². The lowest BCUT2D eigenvalue weighted by Gasteiger charge is -2.33. The van der Waals surface area contributed by atoms with E-state index < -0.39 is 0 Å². The number of thiazole rings is 1. The molecule has 0 radical (unpaired) electrons. The van der Waals surface area contributed by atoms with Crippen LogP contribution in [0.5, 0.6) is 0 Å². The second-order valence-electron chi connectivity index (χ2n) is 6.27. The number of ether oxygens (including phenoxy) is 1. The predicted octanol–water partition coefficient (Wildman–Crippen LogP) is 3.01. The van der Waals surface area contributed by atoms with Crippen molar-refractivity contribution in [3.8, 4) is 0 Å². The molecule has 4 nitrogen and oxygen atoms in total. The van der Waals surface area contributed by atoms with Crippen molar-refractivity contribution in [3.63, 3.8) is 0 Å². The third kappa shape index (κ3) is 4.78. The van der Waals surface area contributed by atoms with E-state index in [1.807, 2.05) is 13.8 Å². The highest BCUT2D eigenvalue weighted by Gasteiger charge is 2.28. The van der Waals surface area contributed by atoms with E-state index in [0.717, 1.165) is 41.4 Å². The molecule has 0 saturated carbocycles. The Labute approximate surface area is 131 Å². The van der Waals surface area contributed by atoms with Gasteiger partial charge in [0, 0.05) is 11.5 Å². The first-order chi connectivity index (χ1) is 9.95. The van der Waals surface area contributed by atoms with Gasteiger partial charge in [-0.3, -0.25) is 4.79 Å². The lowest BCUT2D eigenvalue weighted by molar-refractivity contribution is -0.123. The first-order valence-electron chi connectivity index (χ1n) is 7.79. The summed E-state index contributed by atoms with van der Waals surface area (Å²) in [6.45, 7) is 9.20. The van der Waals surface area contributed by atoms with Gasteiger partial charge in [-0.15, -0.1) is 11.3 Å². The largest absolute Gasteiger partial charge is 0.376 e. The lowest BCUT2D eigenvalue weighted by atomic mass is 9.94.